The lowest BCUT2D eigenvalue weighted by Crippen LogP contribution is -2.21. The van der Waals surface area contributed by atoms with E-state index in [0.29, 0.717) is 22.9 Å². The van der Waals surface area contributed by atoms with Crippen molar-refractivity contribution < 1.29 is 19.1 Å². The molecule has 0 radical (unpaired) electrons. The largest absolute Gasteiger partial charge is 0.486 e. The third-order valence-electron chi connectivity index (χ3n) is 5.46. The summed E-state index contributed by atoms with van der Waals surface area (Å²) < 4.78 is 10.8. The number of ether oxygens (including phenoxy) is 2. The average Bonchev–Trinajstić information content (AvgIpc) is 3.33. The van der Waals surface area contributed by atoms with Crippen molar-refractivity contribution in [1.29, 1.82) is 5.26 Å². The Morgan fingerprint density at radius 2 is 1.97 bits per heavy atom. The third kappa shape index (κ3) is 6.22. The normalized spacial score (nSPS) is 12.8. The predicted octanol–water partition coefficient (Wildman–Crippen LogP) is 4.96. The van der Waals surface area contributed by atoms with Crippen LogP contribution in [0.25, 0.3) is 0 Å². The van der Waals surface area contributed by atoms with E-state index in [-0.39, 0.29) is 6.42 Å². The van der Waals surface area contributed by atoms with E-state index in [2.05, 4.69) is 16.4 Å². The molecule has 0 aliphatic heterocycles. The molecule has 0 saturated carbocycles. The molecule has 1 aliphatic rings. The molecule has 3 aromatic rings. The molecule has 0 spiro atoms. The maximum absolute atomic E-state index is 12.3. The van der Waals surface area contributed by atoms with Crippen molar-refractivity contribution in [3.05, 3.63) is 61.9 Å². The summed E-state index contributed by atoms with van der Waals surface area (Å²) in [6, 6.07) is 9.99. The van der Waals surface area contributed by atoms with E-state index in [0.717, 1.165) is 54.0 Å². The van der Waals surface area contributed by atoms with E-state index in [1.165, 1.54) is 27.6 Å². The fraction of sp³-hybridized carbons (Fsp3) is 0.360. The van der Waals surface area contributed by atoms with E-state index in [1.54, 1.807) is 5.38 Å². The van der Waals surface area contributed by atoms with Gasteiger partial charge in [-0.15, -0.1) is 22.7 Å². The van der Waals surface area contributed by atoms with E-state index in [9.17, 15) is 14.9 Å². The van der Waals surface area contributed by atoms with Crippen LogP contribution in [0.5, 0.6) is 5.75 Å². The van der Waals surface area contributed by atoms with E-state index in [4.69, 9.17) is 9.47 Å². The summed E-state index contributed by atoms with van der Waals surface area (Å²) >= 11 is 2.86. The second kappa shape index (κ2) is 11.3. The van der Waals surface area contributed by atoms with Crippen LogP contribution in [0.3, 0.4) is 0 Å². The molecule has 1 aliphatic carbocycles. The number of rotatable bonds is 8. The van der Waals surface area contributed by atoms with Gasteiger partial charge in [-0.1, -0.05) is 24.1 Å². The molecule has 1 aromatic carbocycles. The predicted molar refractivity (Wildman–Crippen MR) is 131 cm³/mol. The summed E-state index contributed by atoms with van der Waals surface area (Å²) in [5, 5.41) is 15.4. The molecular weight excluding hydrogens is 470 g/mol. The van der Waals surface area contributed by atoms with Crippen molar-refractivity contribution >= 4 is 39.6 Å². The Labute approximate surface area is 206 Å². The highest BCUT2D eigenvalue weighted by molar-refractivity contribution is 7.16. The number of hydrogen-bond donors (Lipinski definition) is 1. The number of carbonyl (C=O) groups is 2. The summed E-state index contributed by atoms with van der Waals surface area (Å²) in [6.07, 6.45) is 5.09. The topological polar surface area (TPSA) is 101 Å². The maximum atomic E-state index is 12.3. The number of benzene rings is 1. The van der Waals surface area contributed by atoms with Crippen molar-refractivity contribution in [2.75, 3.05) is 11.9 Å². The van der Waals surface area contributed by atoms with Gasteiger partial charge in [-0.05, 0) is 50.3 Å². The van der Waals surface area contributed by atoms with E-state index in [1.807, 2.05) is 31.2 Å². The highest BCUT2D eigenvalue weighted by atomic mass is 32.1. The summed E-state index contributed by atoms with van der Waals surface area (Å²) in [5.41, 5.74) is 3.34. The van der Waals surface area contributed by atoms with Gasteiger partial charge in [0.1, 0.15) is 28.4 Å². The van der Waals surface area contributed by atoms with E-state index < -0.39 is 18.5 Å². The van der Waals surface area contributed by atoms with Gasteiger partial charge in [0.25, 0.3) is 5.91 Å². The first kappa shape index (κ1) is 23.9. The number of nitrogens with one attached hydrogen (secondary N) is 1. The Balaban J connectivity index is 1.24. The zero-order valence-electron chi connectivity index (χ0n) is 18.9. The van der Waals surface area contributed by atoms with Crippen LogP contribution in [0.4, 0.5) is 5.00 Å². The first-order valence-corrected chi connectivity index (χ1v) is 12.8. The van der Waals surface area contributed by atoms with Gasteiger partial charge in [0.15, 0.2) is 6.61 Å². The molecule has 34 heavy (non-hydrogen) atoms. The number of anilines is 1. The Hall–Kier alpha value is -3.22. The van der Waals surface area contributed by atoms with Crippen molar-refractivity contribution in [2.24, 2.45) is 0 Å². The summed E-state index contributed by atoms with van der Waals surface area (Å²) in [4.78, 5) is 30.1. The number of aryl methyl sites for hydroxylation is 2. The van der Waals surface area contributed by atoms with Gasteiger partial charge in [0.05, 0.1) is 17.7 Å². The van der Waals surface area contributed by atoms with Gasteiger partial charge < -0.3 is 14.8 Å². The van der Waals surface area contributed by atoms with Crippen LogP contribution < -0.4 is 10.1 Å². The number of esters is 1. The molecule has 0 bridgehead atoms. The maximum Gasteiger partial charge on any atom is 0.312 e. The summed E-state index contributed by atoms with van der Waals surface area (Å²) in [6.45, 7) is 1.93. The fourth-order valence-electron chi connectivity index (χ4n) is 3.73. The quantitative estimate of drug-likeness (QED) is 0.350. The van der Waals surface area contributed by atoms with Crippen LogP contribution in [0.15, 0.2) is 29.6 Å². The van der Waals surface area contributed by atoms with Crippen LogP contribution in [-0.2, 0) is 40.2 Å². The second-order valence-electron chi connectivity index (χ2n) is 8.10. The lowest BCUT2D eigenvalue weighted by atomic mass is 10.1. The second-order valence-corrected chi connectivity index (χ2v) is 10.1. The molecule has 0 atom stereocenters. The smallest absolute Gasteiger partial charge is 0.312 e. The molecule has 0 unspecified atom stereocenters. The molecule has 2 heterocycles. The Kier molecular flexibility index (Phi) is 7.93. The third-order valence-corrected chi connectivity index (χ3v) is 7.54. The van der Waals surface area contributed by atoms with Gasteiger partial charge in [-0.3, -0.25) is 9.59 Å². The monoisotopic (exact) mass is 495 g/mol. The SMILES string of the molecule is Cc1ccc(OCc2nc(CC(=O)OCC(=O)Nc3sc4c(c3C#N)CCCCC4)cs2)cc1. The van der Waals surface area contributed by atoms with Crippen LogP contribution in [0, 0.1) is 18.3 Å². The number of hydrogen-bond acceptors (Lipinski definition) is 8. The van der Waals surface area contributed by atoms with Gasteiger partial charge in [0, 0.05) is 10.3 Å². The standard InChI is InChI=1S/C25H25N3O4S2/c1-16-7-9-18(10-8-16)31-14-23-27-17(15-33-23)11-24(30)32-13-22(29)28-25-20(12-26)19-5-3-2-4-6-21(19)34-25/h7-10,15H,2-6,11,13-14H2,1H3,(H,28,29). The molecule has 0 fully saturated rings. The average molecular weight is 496 g/mol. The Bertz CT molecular complexity index is 1210. The fourth-order valence-corrected chi connectivity index (χ4v) is 5.69. The van der Waals surface area contributed by atoms with Crippen molar-refractivity contribution in [2.45, 2.75) is 52.1 Å². The summed E-state index contributed by atoms with van der Waals surface area (Å²) in [7, 11) is 0. The van der Waals surface area contributed by atoms with Crippen LogP contribution in [0.1, 0.15) is 51.5 Å². The van der Waals surface area contributed by atoms with Crippen LogP contribution >= 0.6 is 22.7 Å². The molecular formula is C25H25N3O4S2. The Morgan fingerprint density at radius 3 is 2.76 bits per heavy atom. The highest BCUT2D eigenvalue weighted by Gasteiger charge is 2.21. The first-order valence-electron chi connectivity index (χ1n) is 11.1. The molecule has 1 amide bonds. The zero-order valence-corrected chi connectivity index (χ0v) is 20.5. The highest BCUT2D eigenvalue weighted by Crippen LogP contribution is 2.36. The number of amides is 1. The number of thiophene rings is 1. The number of nitriles is 1. The molecule has 7 nitrogen and oxygen atoms in total. The minimum absolute atomic E-state index is 0.0228. The van der Waals surface area contributed by atoms with Gasteiger partial charge in [0.2, 0.25) is 0 Å². The molecule has 9 heteroatoms. The number of nitrogens with zero attached hydrogens (tertiary/aromatic N) is 2. The molecule has 0 saturated heterocycles. The minimum Gasteiger partial charge on any atom is -0.486 e. The molecule has 1 N–H and O–H groups in total. The lowest BCUT2D eigenvalue weighted by Gasteiger charge is -2.05. The number of thiazole rings is 1. The lowest BCUT2D eigenvalue weighted by molar-refractivity contribution is -0.146. The van der Waals surface area contributed by atoms with Gasteiger partial charge in [-0.2, -0.15) is 5.26 Å². The first-order chi connectivity index (χ1) is 16.5. The minimum atomic E-state index is -0.533. The number of fused-ring (bicyclic) bond motifs is 1. The van der Waals surface area contributed by atoms with Crippen LogP contribution in [-0.4, -0.2) is 23.5 Å². The molecule has 176 valence electrons. The van der Waals surface area contributed by atoms with Gasteiger partial charge >= 0.3 is 5.97 Å². The molecule has 2 aromatic heterocycles. The van der Waals surface area contributed by atoms with Crippen molar-refractivity contribution in [3.8, 4) is 11.8 Å². The van der Waals surface area contributed by atoms with Crippen molar-refractivity contribution in [3.63, 3.8) is 0 Å². The molecule has 4 rings (SSSR count). The van der Waals surface area contributed by atoms with Gasteiger partial charge in [-0.25, -0.2) is 4.98 Å². The van der Waals surface area contributed by atoms with Crippen molar-refractivity contribution in [1.82, 2.24) is 4.98 Å². The zero-order chi connectivity index (χ0) is 23.9. The van der Waals surface area contributed by atoms with E-state index >= 15 is 0 Å². The number of aromatic nitrogens is 1. The number of carbonyl (C=O) groups excluding carboxylic acids is 2. The van der Waals surface area contributed by atoms with Crippen LogP contribution in [0.2, 0.25) is 0 Å². The summed E-state index contributed by atoms with van der Waals surface area (Å²) in [5.74, 6) is -0.227. The Morgan fingerprint density at radius 1 is 1.18 bits per heavy atom.